The molecule has 4 heteroatoms. The Balaban J connectivity index is 2.10. The predicted molar refractivity (Wildman–Crippen MR) is 78.6 cm³/mol. The van der Waals surface area contributed by atoms with Gasteiger partial charge in [-0.2, -0.15) is 0 Å². The number of imidazole rings is 1. The van der Waals surface area contributed by atoms with Gasteiger partial charge in [-0.05, 0) is 31.6 Å². The molecule has 1 fully saturated rings. The second kappa shape index (κ2) is 5.95. The highest BCUT2D eigenvalue weighted by atomic mass is 16.5. The summed E-state index contributed by atoms with van der Waals surface area (Å²) in [6.07, 6.45) is 7.33. The molecule has 0 saturated heterocycles. The first kappa shape index (κ1) is 14.4. The maximum absolute atomic E-state index is 5.09. The second-order valence-electron chi connectivity index (χ2n) is 6.45. The van der Waals surface area contributed by atoms with Crippen molar-refractivity contribution in [3.63, 3.8) is 0 Å². The van der Waals surface area contributed by atoms with Gasteiger partial charge in [-0.3, -0.25) is 0 Å². The smallest absolute Gasteiger partial charge is 0.203 e. The van der Waals surface area contributed by atoms with Crippen LogP contribution in [-0.2, 0) is 4.74 Å². The van der Waals surface area contributed by atoms with Crippen LogP contribution in [0.15, 0.2) is 6.20 Å². The molecular weight excluding hydrogens is 238 g/mol. The third kappa shape index (κ3) is 3.72. The lowest BCUT2D eigenvalue weighted by Gasteiger charge is -2.36. The Labute approximate surface area is 116 Å². The Morgan fingerprint density at radius 1 is 1.53 bits per heavy atom. The van der Waals surface area contributed by atoms with Gasteiger partial charge in [0.2, 0.25) is 5.95 Å². The fourth-order valence-corrected chi connectivity index (χ4v) is 3.09. The molecule has 1 aromatic heterocycles. The van der Waals surface area contributed by atoms with Crippen LogP contribution in [0, 0.1) is 12.3 Å². The van der Waals surface area contributed by atoms with Crippen LogP contribution in [0.3, 0.4) is 0 Å². The molecule has 0 amide bonds. The number of nitrogens with zero attached hydrogens (tertiary/aromatic N) is 2. The average molecular weight is 265 g/mol. The third-order valence-corrected chi connectivity index (χ3v) is 4.01. The lowest BCUT2D eigenvalue weighted by atomic mass is 9.75. The van der Waals surface area contributed by atoms with Crippen LogP contribution in [0.25, 0.3) is 0 Å². The number of aryl methyl sites for hydroxylation is 1. The van der Waals surface area contributed by atoms with E-state index in [-0.39, 0.29) is 0 Å². The van der Waals surface area contributed by atoms with Gasteiger partial charge in [0.25, 0.3) is 0 Å². The molecule has 4 nitrogen and oxygen atoms in total. The first-order chi connectivity index (χ1) is 9.02. The zero-order valence-corrected chi connectivity index (χ0v) is 12.7. The standard InChI is InChI=1S/C15H27N3O/c1-12-11-18(14(17-12)16-8-9-19-4)13-6-5-7-15(2,3)10-13/h11,13H,5-10H2,1-4H3,(H,16,17). The van der Waals surface area contributed by atoms with Crippen LogP contribution >= 0.6 is 0 Å². The minimum absolute atomic E-state index is 0.449. The van der Waals surface area contributed by atoms with Gasteiger partial charge >= 0.3 is 0 Å². The SMILES string of the molecule is COCCNc1nc(C)cn1C1CCCC(C)(C)C1. The molecule has 1 aliphatic carbocycles. The van der Waals surface area contributed by atoms with Crippen LogP contribution in [0.1, 0.15) is 51.3 Å². The van der Waals surface area contributed by atoms with Gasteiger partial charge in [-0.15, -0.1) is 0 Å². The molecule has 1 atom stereocenters. The minimum atomic E-state index is 0.449. The summed E-state index contributed by atoms with van der Waals surface area (Å²) in [5.41, 5.74) is 1.54. The fraction of sp³-hybridized carbons (Fsp3) is 0.800. The summed E-state index contributed by atoms with van der Waals surface area (Å²) in [5.74, 6) is 0.997. The van der Waals surface area contributed by atoms with Crippen molar-refractivity contribution in [2.24, 2.45) is 5.41 Å². The monoisotopic (exact) mass is 265 g/mol. The molecule has 0 spiro atoms. The Bertz CT molecular complexity index is 412. The van der Waals surface area contributed by atoms with Crippen LogP contribution in [0.2, 0.25) is 0 Å². The summed E-state index contributed by atoms with van der Waals surface area (Å²) in [7, 11) is 1.73. The maximum Gasteiger partial charge on any atom is 0.203 e. The number of hydrogen-bond donors (Lipinski definition) is 1. The van der Waals surface area contributed by atoms with Gasteiger partial charge in [-0.25, -0.2) is 4.98 Å². The lowest BCUT2D eigenvalue weighted by molar-refractivity contribution is 0.184. The van der Waals surface area contributed by atoms with E-state index in [4.69, 9.17) is 4.74 Å². The van der Waals surface area contributed by atoms with Gasteiger partial charge in [0, 0.05) is 25.9 Å². The highest BCUT2D eigenvalue weighted by molar-refractivity contribution is 5.29. The number of ether oxygens (including phenoxy) is 1. The van der Waals surface area contributed by atoms with Crippen LogP contribution in [0.4, 0.5) is 5.95 Å². The largest absolute Gasteiger partial charge is 0.383 e. The van der Waals surface area contributed by atoms with Gasteiger partial charge in [-0.1, -0.05) is 20.3 Å². The molecule has 0 radical (unpaired) electrons. The molecule has 19 heavy (non-hydrogen) atoms. The molecule has 1 saturated carbocycles. The molecule has 2 rings (SSSR count). The highest BCUT2D eigenvalue weighted by Crippen LogP contribution is 2.41. The quantitative estimate of drug-likeness (QED) is 0.829. The predicted octanol–water partition coefficient (Wildman–Crippen LogP) is 3.39. The van der Waals surface area contributed by atoms with Crippen molar-refractivity contribution >= 4 is 5.95 Å². The van der Waals surface area contributed by atoms with Crippen molar-refractivity contribution in [1.82, 2.24) is 9.55 Å². The Kier molecular flexibility index (Phi) is 4.50. The van der Waals surface area contributed by atoms with E-state index in [9.17, 15) is 0 Å². The molecule has 1 unspecified atom stereocenters. The second-order valence-corrected chi connectivity index (χ2v) is 6.45. The van der Waals surface area contributed by atoms with E-state index in [0.717, 1.165) is 18.2 Å². The van der Waals surface area contributed by atoms with Crippen molar-refractivity contribution in [2.75, 3.05) is 25.6 Å². The zero-order valence-electron chi connectivity index (χ0n) is 12.7. The van der Waals surface area contributed by atoms with E-state index in [1.165, 1.54) is 25.7 Å². The minimum Gasteiger partial charge on any atom is -0.383 e. The van der Waals surface area contributed by atoms with Gasteiger partial charge in [0.15, 0.2) is 0 Å². The summed E-state index contributed by atoms with van der Waals surface area (Å²) in [5, 5.41) is 3.39. The molecule has 0 aromatic carbocycles. The number of aromatic nitrogens is 2. The van der Waals surface area contributed by atoms with Crippen molar-refractivity contribution < 1.29 is 4.74 Å². The normalized spacial score (nSPS) is 22.4. The Hall–Kier alpha value is -1.03. The zero-order chi connectivity index (χ0) is 13.9. The molecule has 1 aromatic rings. The van der Waals surface area contributed by atoms with Gasteiger partial charge < -0.3 is 14.6 Å². The van der Waals surface area contributed by atoms with E-state index in [0.29, 0.717) is 18.1 Å². The molecule has 108 valence electrons. The third-order valence-electron chi connectivity index (χ3n) is 4.01. The maximum atomic E-state index is 5.09. The lowest BCUT2D eigenvalue weighted by Crippen LogP contribution is -2.26. The molecular formula is C15H27N3O. The molecule has 0 aliphatic heterocycles. The number of nitrogens with one attached hydrogen (secondary N) is 1. The topological polar surface area (TPSA) is 39.1 Å². The molecule has 1 aliphatic rings. The van der Waals surface area contributed by atoms with Crippen LogP contribution in [-0.4, -0.2) is 29.8 Å². The van der Waals surface area contributed by atoms with E-state index in [1.54, 1.807) is 7.11 Å². The van der Waals surface area contributed by atoms with Gasteiger partial charge in [0.05, 0.1) is 12.3 Å². The summed E-state index contributed by atoms with van der Waals surface area (Å²) < 4.78 is 7.43. The van der Waals surface area contributed by atoms with Gasteiger partial charge in [0.1, 0.15) is 0 Å². The van der Waals surface area contributed by atoms with Crippen molar-refractivity contribution in [1.29, 1.82) is 0 Å². The van der Waals surface area contributed by atoms with Crippen LogP contribution in [0.5, 0.6) is 0 Å². The molecule has 1 N–H and O–H groups in total. The summed E-state index contributed by atoms with van der Waals surface area (Å²) in [6, 6.07) is 0.579. The van der Waals surface area contributed by atoms with Crippen molar-refractivity contribution in [3.8, 4) is 0 Å². The Morgan fingerprint density at radius 2 is 2.32 bits per heavy atom. The summed E-state index contributed by atoms with van der Waals surface area (Å²) in [4.78, 5) is 4.60. The van der Waals surface area contributed by atoms with E-state index < -0.39 is 0 Å². The Morgan fingerprint density at radius 3 is 3.00 bits per heavy atom. The molecule has 1 heterocycles. The first-order valence-corrected chi connectivity index (χ1v) is 7.30. The first-order valence-electron chi connectivity index (χ1n) is 7.30. The van der Waals surface area contributed by atoms with E-state index in [2.05, 4.69) is 41.8 Å². The molecule has 0 bridgehead atoms. The highest BCUT2D eigenvalue weighted by Gasteiger charge is 2.30. The summed E-state index contributed by atoms with van der Waals surface area (Å²) >= 11 is 0. The van der Waals surface area contributed by atoms with Crippen molar-refractivity contribution in [2.45, 2.75) is 52.5 Å². The van der Waals surface area contributed by atoms with E-state index in [1.807, 2.05) is 0 Å². The number of anilines is 1. The average Bonchev–Trinajstić information content (AvgIpc) is 2.70. The summed E-state index contributed by atoms with van der Waals surface area (Å²) in [6.45, 7) is 8.33. The number of hydrogen-bond acceptors (Lipinski definition) is 3. The van der Waals surface area contributed by atoms with Crippen LogP contribution < -0.4 is 5.32 Å². The number of methoxy groups -OCH3 is 1. The van der Waals surface area contributed by atoms with Crippen molar-refractivity contribution in [3.05, 3.63) is 11.9 Å². The van der Waals surface area contributed by atoms with E-state index >= 15 is 0 Å². The fourth-order valence-electron chi connectivity index (χ4n) is 3.09. The number of rotatable bonds is 5.